The molecule has 0 heterocycles. The van der Waals surface area contributed by atoms with Crippen LogP contribution < -0.4 is 0 Å². The fourth-order valence-electron chi connectivity index (χ4n) is 0.843. The molecular weight excluding hydrogens is 239 g/mol. The van der Waals surface area contributed by atoms with Gasteiger partial charge >= 0.3 is 0 Å². The van der Waals surface area contributed by atoms with Gasteiger partial charge in [0.25, 0.3) is 0 Å². The topological polar surface area (TPSA) is 17.1 Å². The summed E-state index contributed by atoms with van der Waals surface area (Å²) in [6, 6.07) is 0. The van der Waals surface area contributed by atoms with Crippen molar-refractivity contribution in [3.8, 4) is 0 Å². The first kappa shape index (κ1) is 10.1. The maximum atomic E-state index is 10.7. The molecule has 0 N–H and O–H groups in total. The third-order valence-corrected chi connectivity index (χ3v) is 2.54. The molecule has 0 bridgehead atoms. The van der Waals surface area contributed by atoms with Gasteiger partial charge in [0, 0.05) is 10.8 Å². The Labute approximate surface area is 76.0 Å². The number of carbonyl (C=O) groups is 1. The van der Waals surface area contributed by atoms with Crippen LogP contribution in [-0.2, 0) is 4.79 Å². The summed E-state index contributed by atoms with van der Waals surface area (Å²) in [7, 11) is 0. The van der Waals surface area contributed by atoms with Crippen molar-refractivity contribution < 1.29 is 4.79 Å². The summed E-state index contributed by atoms with van der Waals surface area (Å²) < 4.78 is 1.04. The maximum Gasteiger partial charge on any atom is 0.130 e. The third kappa shape index (κ3) is 4.97. The Morgan fingerprint density at radius 1 is 1.80 bits per heavy atom. The monoisotopic (exact) mass is 252 g/mol. The van der Waals surface area contributed by atoms with Gasteiger partial charge in [0.2, 0.25) is 0 Å². The van der Waals surface area contributed by atoms with Gasteiger partial charge in [0.05, 0.1) is 0 Å². The van der Waals surface area contributed by atoms with Crippen LogP contribution >= 0.6 is 22.6 Å². The Morgan fingerprint density at radius 2 is 2.40 bits per heavy atom. The highest BCUT2D eigenvalue weighted by Crippen LogP contribution is 2.12. The molecule has 0 aromatic carbocycles. The molecule has 0 aliphatic carbocycles. The minimum absolute atomic E-state index is 0.281. The van der Waals surface area contributed by atoms with Crippen LogP contribution in [0.1, 0.15) is 19.8 Å². The van der Waals surface area contributed by atoms with Gasteiger partial charge in [-0.25, -0.2) is 0 Å². The van der Waals surface area contributed by atoms with E-state index in [-0.39, 0.29) is 5.78 Å². The van der Waals surface area contributed by atoms with Crippen LogP contribution in [0, 0.1) is 5.92 Å². The second-order valence-corrected chi connectivity index (χ2v) is 3.33. The Bertz CT molecular complexity index is 120. The molecule has 0 saturated heterocycles. The van der Waals surface area contributed by atoms with E-state index in [1.165, 1.54) is 0 Å². The van der Waals surface area contributed by atoms with Gasteiger partial charge in [-0.05, 0) is 19.3 Å². The molecule has 0 rings (SSSR count). The molecule has 0 aliphatic heterocycles. The average molecular weight is 252 g/mol. The average Bonchev–Trinajstić information content (AvgIpc) is 1.86. The van der Waals surface area contributed by atoms with E-state index in [9.17, 15) is 4.79 Å². The van der Waals surface area contributed by atoms with E-state index in [1.807, 2.05) is 6.08 Å². The Balaban J connectivity index is 3.59. The highest BCUT2D eigenvalue weighted by Gasteiger charge is 2.06. The molecule has 0 aliphatic rings. The third-order valence-electron chi connectivity index (χ3n) is 1.29. The van der Waals surface area contributed by atoms with Gasteiger partial charge in [-0.15, -0.1) is 6.58 Å². The predicted molar refractivity (Wildman–Crippen MR) is 52.5 cm³/mol. The quantitative estimate of drug-likeness (QED) is 0.417. The van der Waals surface area contributed by atoms with Crippen LogP contribution in [0.15, 0.2) is 12.7 Å². The SMILES string of the molecule is C=CCC(CI)CC(C)=O. The maximum absolute atomic E-state index is 10.7. The van der Waals surface area contributed by atoms with Crippen LogP contribution in [0.3, 0.4) is 0 Å². The number of Topliss-reactive ketones (excluding diaryl/α,β-unsaturated/α-hetero) is 1. The molecule has 0 radical (unpaired) electrons. The standard InChI is InChI=1S/C8H13IO/c1-3-4-8(6-9)5-7(2)10/h3,8H,1,4-6H2,2H3. The fraction of sp³-hybridized carbons (Fsp3) is 0.625. The zero-order chi connectivity index (χ0) is 7.98. The molecule has 0 aromatic heterocycles. The molecule has 0 aromatic rings. The number of alkyl halides is 1. The second-order valence-electron chi connectivity index (χ2n) is 2.45. The first-order valence-corrected chi connectivity index (χ1v) is 4.89. The lowest BCUT2D eigenvalue weighted by atomic mass is 10.0. The number of hydrogen-bond acceptors (Lipinski definition) is 1. The van der Waals surface area contributed by atoms with Crippen LogP contribution in [-0.4, -0.2) is 10.2 Å². The number of halogens is 1. The van der Waals surface area contributed by atoms with Gasteiger partial charge in [-0.3, -0.25) is 0 Å². The predicted octanol–water partition coefficient (Wildman–Crippen LogP) is 2.59. The number of hydrogen-bond donors (Lipinski definition) is 0. The molecule has 58 valence electrons. The fourth-order valence-corrected chi connectivity index (χ4v) is 1.51. The molecule has 0 amide bonds. The van der Waals surface area contributed by atoms with Crippen LogP contribution in [0.25, 0.3) is 0 Å². The molecular formula is C8H13IO. The molecule has 1 atom stereocenters. The molecule has 0 saturated carbocycles. The Morgan fingerprint density at radius 3 is 2.70 bits per heavy atom. The van der Waals surface area contributed by atoms with Crippen molar-refractivity contribution in [3.63, 3.8) is 0 Å². The van der Waals surface area contributed by atoms with Crippen molar-refractivity contribution in [1.29, 1.82) is 0 Å². The van der Waals surface area contributed by atoms with Gasteiger partial charge in [-0.1, -0.05) is 28.7 Å². The molecule has 0 fully saturated rings. The summed E-state index contributed by atoms with van der Waals surface area (Å²) in [5.74, 6) is 0.791. The number of ketones is 1. The zero-order valence-electron chi connectivity index (χ0n) is 6.27. The highest BCUT2D eigenvalue weighted by atomic mass is 127. The van der Waals surface area contributed by atoms with Crippen molar-refractivity contribution >= 4 is 28.4 Å². The Hall–Kier alpha value is 0.140. The minimum atomic E-state index is 0.281. The normalized spacial score (nSPS) is 12.6. The van der Waals surface area contributed by atoms with Crippen molar-refractivity contribution in [2.24, 2.45) is 5.92 Å². The molecule has 1 nitrogen and oxygen atoms in total. The lowest BCUT2D eigenvalue weighted by molar-refractivity contribution is -0.117. The number of rotatable bonds is 5. The summed E-state index contributed by atoms with van der Waals surface area (Å²) in [5.41, 5.74) is 0. The van der Waals surface area contributed by atoms with Gasteiger partial charge < -0.3 is 4.79 Å². The molecule has 2 heteroatoms. The van der Waals surface area contributed by atoms with Crippen LogP contribution in [0.2, 0.25) is 0 Å². The van der Waals surface area contributed by atoms with E-state index in [4.69, 9.17) is 0 Å². The van der Waals surface area contributed by atoms with Crippen molar-refractivity contribution in [2.45, 2.75) is 19.8 Å². The molecule has 10 heavy (non-hydrogen) atoms. The van der Waals surface area contributed by atoms with Crippen LogP contribution in [0.4, 0.5) is 0 Å². The number of carbonyl (C=O) groups excluding carboxylic acids is 1. The first-order chi connectivity index (χ1) is 4.70. The summed E-state index contributed by atoms with van der Waals surface area (Å²) in [6.07, 6.45) is 3.55. The Kier molecular flexibility index (Phi) is 5.97. The lowest BCUT2D eigenvalue weighted by Crippen LogP contribution is -2.05. The van der Waals surface area contributed by atoms with Crippen molar-refractivity contribution in [3.05, 3.63) is 12.7 Å². The van der Waals surface area contributed by atoms with E-state index >= 15 is 0 Å². The second kappa shape index (κ2) is 5.89. The van der Waals surface area contributed by atoms with Crippen molar-refractivity contribution in [1.82, 2.24) is 0 Å². The zero-order valence-corrected chi connectivity index (χ0v) is 8.43. The van der Waals surface area contributed by atoms with Crippen molar-refractivity contribution in [2.75, 3.05) is 4.43 Å². The van der Waals surface area contributed by atoms with E-state index in [0.717, 1.165) is 10.8 Å². The summed E-state index contributed by atoms with van der Waals surface area (Å²) in [6.45, 7) is 5.28. The van der Waals surface area contributed by atoms with Crippen LogP contribution in [0.5, 0.6) is 0 Å². The van der Waals surface area contributed by atoms with Gasteiger partial charge in [-0.2, -0.15) is 0 Å². The largest absolute Gasteiger partial charge is 0.300 e. The van der Waals surface area contributed by atoms with E-state index in [2.05, 4.69) is 29.2 Å². The highest BCUT2D eigenvalue weighted by molar-refractivity contribution is 14.1. The smallest absolute Gasteiger partial charge is 0.130 e. The number of allylic oxidation sites excluding steroid dienone is 1. The molecule has 1 unspecified atom stereocenters. The van der Waals surface area contributed by atoms with Gasteiger partial charge in [0.1, 0.15) is 5.78 Å². The van der Waals surface area contributed by atoms with E-state index in [0.29, 0.717) is 12.3 Å². The summed E-state index contributed by atoms with van der Waals surface area (Å²) in [4.78, 5) is 10.7. The summed E-state index contributed by atoms with van der Waals surface area (Å²) >= 11 is 2.31. The minimum Gasteiger partial charge on any atom is -0.300 e. The van der Waals surface area contributed by atoms with Gasteiger partial charge in [0.15, 0.2) is 0 Å². The molecule has 0 spiro atoms. The van der Waals surface area contributed by atoms with E-state index in [1.54, 1.807) is 6.92 Å². The lowest BCUT2D eigenvalue weighted by Gasteiger charge is -2.07. The first-order valence-electron chi connectivity index (χ1n) is 3.37. The van der Waals surface area contributed by atoms with E-state index < -0.39 is 0 Å². The summed E-state index contributed by atoms with van der Waals surface area (Å²) in [5, 5.41) is 0.